The summed E-state index contributed by atoms with van der Waals surface area (Å²) >= 11 is 3.48. The van der Waals surface area contributed by atoms with E-state index in [0.717, 1.165) is 36.4 Å². The monoisotopic (exact) mass is 307 g/mol. The number of aryl methyl sites for hydroxylation is 1. The lowest BCUT2D eigenvalue weighted by molar-refractivity contribution is 0.588. The number of rotatable bonds is 6. The molecular formula is C14H18BrN3. The second kappa shape index (κ2) is 6.71. The molecule has 0 amide bonds. The lowest BCUT2D eigenvalue weighted by Crippen LogP contribution is -2.16. The molecule has 1 aromatic heterocycles. The molecule has 96 valence electrons. The summed E-state index contributed by atoms with van der Waals surface area (Å²) in [5, 5.41) is 3.43. The zero-order valence-corrected chi connectivity index (χ0v) is 12.2. The van der Waals surface area contributed by atoms with E-state index in [-0.39, 0.29) is 0 Å². The van der Waals surface area contributed by atoms with Crippen LogP contribution in [0.3, 0.4) is 0 Å². The van der Waals surface area contributed by atoms with E-state index in [1.165, 1.54) is 5.56 Å². The average Bonchev–Trinajstić information content (AvgIpc) is 2.78. The van der Waals surface area contributed by atoms with Crippen LogP contribution in [0.5, 0.6) is 0 Å². The van der Waals surface area contributed by atoms with E-state index < -0.39 is 0 Å². The summed E-state index contributed by atoms with van der Waals surface area (Å²) in [6.45, 7) is 4.88. The van der Waals surface area contributed by atoms with Gasteiger partial charge < -0.3 is 9.88 Å². The standard InChI is InChI=1S/C14H18BrN3/c1-2-7-18-8-6-17-14(18)11-16-10-12-4-3-5-13(15)9-12/h3-6,8-9,16H,2,7,10-11H2,1H3. The number of nitrogens with zero attached hydrogens (tertiary/aromatic N) is 2. The van der Waals surface area contributed by atoms with Crippen LogP contribution >= 0.6 is 15.9 Å². The molecule has 0 aliphatic rings. The van der Waals surface area contributed by atoms with Gasteiger partial charge in [-0.1, -0.05) is 35.0 Å². The Balaban J connectivity index is 1.86. The zero-order chi connectivity index (χ0) is 12.8. The van der Waals surface area contributed by atoms with Gasteiger partial charge in [-0.2, -0.15) is 0 Å². The molecule has 0 fully saturated rings. The van der Waals surface area contributed by atoms with Crippen LogP contribution in [-0.2, 0) is 19.6 Å². The lowest BCUT2D eigenvalue weighted by atomic mass is 10.2. The largest absolute Gasteiger partial charge is 0.334 e. The molecule has 0 aliphatic carbocycles. The quantitative estimate of drug-likeness (QED) is 0.887. The number of aromatic nitrogens is 2. The normalized spacial score (nSPS) is 10.8. The minimum atomic E-state index is 0.805. The van der Waals surface area contributed by atoms with Crippen molar-refractivity contribution in [3.63, 3.8) is 0 Å². The van der Waals surface area contributed by atoms with Crippen molar-refractivity contribution in [3.8, 4) is 0 Å². The molecule has 0 aliphatic heterocycles. The van der Waals surface area contributed by atoms with Crippen LogP contribution in [0.15, 0.2) is 41.1 Å². The van der Waals surface area contributed by atoms with Gasteiger partial charge in [-0.3, -0.25) is 0 Å². The number of benzene rings is 1. The van der Waals surface area contributed by atoms with E-state index in [4.69, 9.17) is 0 Å². The van der Waals surface area contributed by atoms with Gasteiger partial charge in [-0.15, -0.1) is 0 Å². The second-order valence-electron chi connectivity index (χ2n) is 4.27. The number of imidazole rings is 1. The molecule has 0 radical (unpaired) electrons. The number of hydrogen-bond acceptors (Lipinski definition) is 2. The van der Waals surface area contributed by atoms with Crippen molar-refractivity contribution >= 4 is 15.9 Å². The van der Waals surface area contributed by atoms with Gasteiger partial charge in [0.25, 0.3) is 0 Å². The fraction of sp³-hybridized carbons (Fsp3) is 0.357. The summed E-state index contributed by atoms with van der Waals surface area (Å²) < 4.78 is 3.32. The van der Waals surface area contributed by atoms with E-state index >= 15 is 0 Å². The first-order chi connectivity index (χ1) is 8.79. The summed E-state index contributed by atoms with van der Waals surface area (Å²) in [6, 6.07) is 8.35. The van der Waals surface area contributed by atoms with Gasteiger partial charge in [-0.05, 0) is 24.1 Å². The van der Waals surface area contributed by atoms with Crippen LogP contribution in [-0.4, -0.2) is 9.55 Å². The van der Waals surface area contributed by atoms with E-state index in [2.05, 4.69) is 55.9 Å². The highest BCUT2D eigenvalue weighted by Gasteiger charge is 2.01. The van der Waals surface area contributed by atoms with Crippen LogP contribution in [0.4, 0.5) is 0 Å². The van der Waals surface area contributed by atoms with Gasteiger partial charge >= 0.3 is 0 Å². The lowest BCUT2D eigenvalue weighted by Gasteiger charge is -2.08. The predicted molar refractivity (Wildman–Crippen MR) is 77.2 cm³/mol. The molecule has 0 bridgehead atoms. The smallest absolute Gasteiger partial charge is 0.122 e. The summed E-state index contributed by atoms with van der Waals surface area (Å²) in [5.74, 6) is 1.10. The first kappa shape index (κ1) is 13.3. The van der Waals surface area contributed by atoms with Crippen LogP contribution < -0.4 is 5.32 Å². The molecule has 18 heavy (non-hydrogen) atoms. The summed E-state index contributed by atoms with van der Waals surface area (Å²) in [6.07, 6.45) is 5.04. The van der Waals surface area contributed by atoms with Gasteiger partial charge in [0.05, 0.1) is 6.54 Å². The van der Waals surface area contributed by atoms with E-state index in [0.29, 0.717) is 0 Å². The Morgan fingerprint density at radius 1 is 1.33 bits per heavy atom. The van der Waals surface area contributed by atoms with Gasteiger partial charge in [0.2, 0.25) is 0 Å². The van der Waals surface area contributed by atoms with E-state index in [9.17, 15) is 0 Å². The maximum absolute atomic E-state index is 4.37. The van der Waals surface area contributed by atoms with Crippen molar-refractivity contribution in [2.45, 2.75) is 33.0 Å². The fourth-order valence-corrected chi connectivity index (χ4v) is 2.36. The van der Waals surface area contributed by atoms with Gasteiger partial charge in [-0.25, -0.2) is 4.98 Å². The Morgan fingerprint density at radius 2 is 2.22 bits per heavy atom. The summed E-state index contributed by atoms with van der Waals surface area (Å²) in [4.78, 5) is 4.37. The molecule has 2 rings (SSSR count). The van der Waals surface area contributed by atoms with Crippen LogP contribution in [0.2, 0.25) is 0 Å². The fourth-order valence-electron chi connectivity index (χ4n) is 1.92. The summed E-state index contributed by atoms with van der Waals surface area (Å²) in [5.41, 5.74) is 1.28. The van der Waals surface area contributed by atoms with Crippen molar-refractivity contribution in [3.05, 3.63) is 52.5 Å². The molecule has 3 nitrogen and oxygen atoms in total. The molecule has 0 saturated carbocycles. The highest BCUT2D eigenvalue weighted by Crippen LogP contribution is 2.11. The van der Waals surface area contributed by atoms with E-state index in [1.54, 1.807) is 0 Å². The van der Waals surface area contributed by atoms with Crippen LogP contribution in [0, 0.1) is 0 Å². The van der Waals surface area contributed by atoms with Crippen LogP contribution in [0.25, 0.3) is 0 Å². The topological polar surface area (TPSA) is 29.9 Å². The molecule has 0 spiro atoms. The first-order valence-electron chi connectivity index (χ1n) is 6.24. The molecule has 0 atom stereocenters. The van der Waals surface area contributed by atoms with Crippen molar-refractivity contribution in [1.82, 2.24) is 14.9 Å². The molecule has 4 heteroatoms. The molecule has 1 aromatic carbocycles. The minimum Gasteiger partial charge on any atom is -0.334 e. The SMILES string of the molecule is CCCn1ccnc1CNCc1cccc(Br)c1. The average molecular weight is 308 g/mol. The summed E-state index contributed by atoms with van der Waals surface area (Å²) in [7, 11) is 0. The van der Waals surface area contributed by atoms with Crippen molar-refractivity contribution in [2.24, 2.45) is 0 Å². The maximum Gasteiger partial charge on any atom is 0.122 e. The van der Waals surface area contributed by atoms with Crippen molar-refractivity contribution in [2.75, 3.05) is 0 Å². The van der Waals surface area contributed by atoms with Gasteiger partial charge in [0.1, 0.15) is 5.82 Å². The van der Waals surface area contributed by atoms with E-state index in [1.807, 2.05) is 18.5 Å². The molecular weight excluding hydrogens is 290 g/mol. The molecule has 0 unspecified atom stereocenters. The Bertz CT molecular complexity index is 493. The highest BCUT2D eigenvalue weighted by molar-refractivity contribution is 9.10. The Kier molecular flexibility index (Phi) is 4.96. The molecule has 2 aromatic rings. The third kappa shape index (κ3) is 3.68. The predicted octanol–water partition coefficient (Wildman–Crippen LogP) is 3.35. The van der Waals surface area contributed by atoms with Crippen molar-refractivity contribution in [1.29, 1.82) is 0 Å². The van der Waals surface area contributed by atoms with Gasteiger partial charge in [0.15, 0.2) is 0 Å². The van der Waals surface area contributed by atoms with Gasteiger partial charge in [0, 0.05) is 30.0 Å². The first-order valence-corrected chi connectivity index (χ1v) is 7.04. The Labute approximate surface area is 116 Å². The number of hydrogen-bond donors (Lipinski definition) is 1. The molecule has 1 N–H and O–H groups in total. The Morgan fingerprint density at radius 3 is 3.00 bits per heavy atom. The highest BCUT2D eigenvalue weighted by atomic mass is 79.9. The molecule has 0 saturated heterocycles. The number of halogens is 1. The maximum atomic E-state index is 4.37. The molecule has 1 heterocycles. The Hall–Kier alpha value is -1.13. The van der Waals surface area contributed by atoms with Crippen molar-refractivity contribution < 1.29 is 0 Å². The zero-order valence-electron chi connectivity index (χ0n) is 10.6. The minimum absolute atomic E-state index is 0.805. The number of nitrogens with one attached hydrogen (secondary N) is 1. The second-order valence-corrected chi connectivity index (χ2v) is 5.19. The third-order valence-electron chi connectivity index (χ3n) is 2.77. The van der Waals surface area contributed by atoms with Crippen LogP contribution in [0.1, 0.15) is 24.7 Å². The third-order valence-corrected chi connectivity index (χ3v) is 3.26.